The topological polar surface area (TPSA) is 380 Å². The zero-order chi connectivity index (χ0) is 47.4. The molecule has 1 aliphatic rings. The molecule has 7 atom stereocenters. The minimum atomic E-state index is -1.72. The Bertz CT molecular complexity index is 1650. The number of likely N-dealkylation sites (tertiary alicyclic amines) is 1. The van der Waals surface area contributed by atoms with Crippen molar-refractivity contribution in [3.63, 3.8) is 0 Å². The number of guanidine groups is 1. The predicted molar refractivity (Wildman–Crippen MR) is 223 cm³/mol. The van der Waals surface area contributed by atoms with E-state index in [1.54, 1.807) is 13.8 Å². The Kier molecular flexibility index (Phi) is 22.9. The van der Waals surface area contributed by atoms with Gasteiger partial charge in [-0.15, -0.1) is 0 Å². The number of carboxylic acids is 2. The van der Waals surface area contributed by atoms with E-state index in [1.807, 2.05) is 13.8 Å². The van der Waals surface area contributed by atoms with E-state index in [-0.39, 0.29) is 56.6 Å². The minimum absolute atomic E-state index is 0.0164. The van der Waals surface area contributed by atoms with Gasteiger partial charge >= 0.3 is 11.9 Å². The smallest absolute Gasteiger partial charge is 0.323 e. The van der Waals surface area contributed by atoms with Gasteiger partial charge in [-0.05, 0) is 64.2 Å². The lowest BCUT2D eigenvalue weighted by Crippen LogP contribution is -2.59. The lowest BCUT2D eigenvalue weighted by atomic mass is 10.0. The van der Waals surface area contributed by atoms with Crippen LogP contribution in [0.25, 0.3) is 0 Å². The van der Waals surface area contributed by atoms with Gasteiger partial charge in [0.15, 0.2) is 5.96 Å². The third-order valence-corrected chi connectivity index (χ3v) is 9.43. The molecule has 1 fully saturated rings. The number of nitrogens with two attached hydrogens (primary N) is 3. The zero-order valence-corrected chi connectivity index (χ0v) is 36.5. The van der Waals surface area contributed by atoms with Crippen LogP contribution < -0.4 is 49.1 Å². The first kappa shape index (κ1) is 53.9. The fourth-order valence-electron chi connectivity index (χ4n) is 6.36. The SMILES string of the molecule is CC(C)C[C@H](NC(=O)[C@H](CC(=O)O)NC(=O)CNC(=O)[C@H](CCCN=C(N)N)NC(=O)[C@H](C)N)C(=O)N[C@@H](C)C(=O)N[C@@H](CC(C)C)C(=O)N1CCC[C@@H]1C(=O)N(C)CC(=O)O. The van der Waals surface area contributed by atoms with Gasteiger partial charge in [-0.25, -0.2) is 0 Å². The molecule has 24 nitrogen and oxygen atoms in total. The summed E-state index contributed by atoms with van der Waals surface area (Å²) in [4.78, 5) is 134. The number of nitrogens with zero attached hydrogens (tertiary/aromatic N) is 3. The number of carboxylic acid groups (broad SMARTS) is 2. The second-order valence-corrected chi connectivity index (χ2v) is 16.1. The molecule has 1 rings (SSSR count). The summed E-state index contributed by atoms with van der Waals surface area (Å²) in [6.07, 6.45) is 0.374. The number of nitrogens with one attached hydrogen (secondary N) is 6. The number of hydrogen-bond acceptors (Lipinski definition) is 12. The van der Waals surface area contributed by atoms with Crippen molar-refractivity contribution >= 4 is 65.2 Å². The number of aliphatic carboxylic acids is 2. The molecule has 0 aliphatic carbocycles. The first-order valence-corrected chi connectivity index (χ1v) is 20.4. The van der Waals surface area contributed by atoms with Crippen LogP contribution in [-0.4, -0.2) is 161 Å². The van der Waals surface area contributed by atoms with Gasteiger partial charge in [-0.3, -0.25) is 52.9 Å². The van der Waals surface area contributed by atoms with Gasteiger partial charge in [0.1, 0.15) is 42.8 Å². The molecule has 0 unspecified atom stereocenters. The van der Waals surface area contributed by atoms with Crippen LogP contribution in [0.4, 0.5) is 0 Å². The molecule has 0 spiro atoms. The van der Waals surface area contributed by atoms with Crippen molar-refractivity contribution in [2.45, 2.75) is 129 Å². The third kappa shape index (κ3) is 19.5. The summed E-state index contributed by atoms with van der Waals surface area (Å²) in [5.41, 5.74) is 16.2. The summed E-state index contributed by atoms with van der Waals surface area (Å²) < 4.78 is 0. The van der Waals surface area contributed by atoms with Crippen molar-refractivity contribution in [3.8, 4) is 0 Å². The highest BCUT2D eigenvalue weighted by molar-refractivity contribution is 5.98. The molecular formula is C38H66N12O12. The fourth-order valence-corrected chi connectivity index (χ4v) is 6.36. The van der Waals surface area contributed by atoms with Gasteiger partial charge in [-0.2, -0.15) is 0 Å². The van der Waals surface area contributed by atoms with E-state index in [9.17, 15) is 53.1 Å². The van der Waals surface area contributed by atoms with Crippen molar-refractivity contribution < 1.29 is 58.2 Å². The van der Waals surface area contributed by atoms with Gasteiger partial charge in [0, 0.05) is 20.1 Å². The van der Waals surface area contributed by atoms with E-state index in [2.05, 4.69) is 36.9 Å². The van der Waals surface area contributed by atoms with Crippen LogP contribution in [0.3, 0.4) is 0 Å². The first-order valence-electron chi connectivity index (χ1n) is 20.4. The summed E-state index contributed by atoms with van der Waals surface area (Å²) >= 11 is 0. The summed E-state index contributed by atoms with van der Waals surface area (Å²) in [6, 6.07) is -8.45. The molecule has 1 aliphatic heterocycles. The number of carbonyl (C=O) groups is 10. The van der Waals surface area contributed by atoms with Crippen molar-refractivity contribution in [3.05, 3.63) is 0 Å². The maximum Gasteiger partial charge on any atom is 0.323 e. The average molecular weight is 883 g/mol. The van der Waals surface area contributed by atoms with E-state index in [4.69, 9.17) is 22.3 Å². The second kappa shape index (κ2) is 26.3. The fraction of sp³-hybridized carbons (Fsp3) is 0.711. The largest absolute Gasteiger partial charge is 0.481 e. The molecule has 8 amide bonds. The number of aliphatic imine (C=N–C) groups is 1. The summed E-state index contributed by atoms with van der Waals surface area (Å²) in [5.74, 6) is -9.36. The van der Waals surface area contributed by atoms with Crippen LogP contribution in [0.15, 0.2) is 4.99 Å². The molecule has 350 valence electrons. The van der Waals surface area contributed by atoms with E-state index in [1.165, 1.54) is 25.8 Å². The van der Waals surface area contributed by atoms with Crippen molar-refractivity contribution in [2.24, 2.45) is 34.0 Å². The number of hydrogen-bond donors (Lipinski definition) is 11. The highest BCUT2D eigenvalue weighted by Crippen LogP contribution is 2.22. The molecule has 62 heavy (non-hydrogen) atoms. The zero-order valence-electron chi connectivity index (χ0n) is 36.5. The van der Waals surface area contributed by atoms with Crippen LogP contribution in [0.1, 0.15) is 86.5 Å². The summed E-state index contributed by atoms with van der Waals surface area (Å²) in [7, 11) is 1.32. The molecule has 1 heterocycles. The van der Waals surface area contributed by atoms with E-state index in [0.717, 1.165) is 4.90 Å². The Labute approximate surface area is 360 Å². The number of amides is 8. The van der Waals surface area contributed by atoms with Crippen LogP contribution in [0.5, 0.6) is 0 Å². The normalized spacial score (nSPS) is 16.4. The highest BCUT2D eigenvalue weighted by atomic mass is 16.4. The van der Waals surface area contributed by atoms with E-state index in [0.29, 0.717) is 12.8 Å². The molecule has 0 aromatic carbocycles. The summed E-state index contributed by atoms with van der Waals surface area (Å²) in [5, 5.41) is 33.3. The Hall–Kier alpha value is -6.07. The quantitative estimate of drug-likeness (QED) is 0.0224. The van der Waals surface area contributed by atoms with Crippen LogP contribution >= 0.6 is 0 Å². The highest BCUT2D eigenvalue weighted by Gasteiger charge is 2.40. The van der Waals surface area contributed by atoms with Gasteiger partial charge in [0.2, 0.25) is 47.3 Å². The molecule has 14 N–H and O–H groups in total. The van der Waals surface area contributed by atoms with Crippen molar-refractivity contribution in [2.75, 3.05) is 33.2 Å². The van der Waals surface area contributed by atoms with Gasteiger partial charge < -0.3 is 69.1 Å². The van der Waals surface area contributed by atoms with Crippen LogP contribution in [0.2, 0.25) is 0 Å². The minimum Gasteiger partial charge on any atom is -0.481 e. The Balaban J connectivity index is 3.08. The number of rotatable bonds is 26. The van der Waals surface area contributed by atoms with Gasteiger partial charge in [0.25, 0.3) is 0 Å². The number of carbonyl (C=O) groups excluding carboxylic acids is 8. The van der Waals surface area contributed by atoms with Crippen LogP contribution in [-0.2, 0) is 47.9 Å². The molecule has 1 saturated heterocycles. The molecule has 0 radical (unpaired) electrons. The standard InChI is InChI=1S/C38H66N12O12/c1-19(2)14-24(34(59)44-22(6)32(57)48-26(15-20(3)4)36(61)50-13-9-11-27(50)37(62)49(7)18-30(54)55)47-35(60)25(16-29(52)53)45-28(51)17-43-33(58)23(46-31(56)21(5)39)10-8-12-42-38(40)41/h19-27H,8-18,39H2,1-7H3,(H,43,58)(H,44,59)(H,45,51)(H,46,56)(H,47,60)(H,48,57)(H,52,53)(H,54,55)(H4,40,41,42)/t21-,22-,23-,24-,25-,26-,27+/m0/s1. The Morgan fingerprint density at radius 1 is 0.726 bits per heavy atom. The maximum absolute atomic E-state index is 13.8. The van der Waals surface area contributed by atoms with E-state index < -0.39 is 121 Å². The molecular weight excluding hydrogens is 816 g/mol. The van der Waals surface area contributed by atoms with Crippen molar-refractivity contribution in [1.29, 1.82) is 0 Å². The molecule has 0 aromatic heterocycles. The predicted octanol–water partition coefficient (Wildman–Crippen LogP) is -3.95. The Morgan fingerprint density at radius 2 is 1.29 bits per heavy atom. The first-order chi connectivity index (χ1) is 28.8. The van der Waals surface area contributed by atoms with Crippen LogP contribution in [0, 0.1) is 11.8 Å². The van der Waals surface area contributed by atoms with E-state index >= 15 is 0 Å². The Morgan fingerprint density at radius 3 is 1.84 bits per heavy atom. The molecule has 24 heteroatoms. The maximum atomic E-state index is 13.8. The second-order valence-electron chi connectivity index (χ2n) is 16.1. The lowest BCUT2D eigenvalue weighted by Gasteiger charge is -2.32. The lowest BCUT2D eigenvalue weighted by molar-refractivity contribution is -0.148. The molecule has 0 aromatic rings. The van der Waals surface area contributed by atoms with Gasteiger partial charge in [-0.1, -0.05) is 27.7 Å². The monoisotopic (exact) mass is 882 g/mol. The summed E-state index contributed by atoms with van der Waals surface area (Å²) in [6.45, 7) is 8.92. The molecule has 0 bridgehead atoms. The number of likely N-dealkylation sites (N-methyl/N-ethyl adjacent to an activating group) is 1. The average Bonchev–Trinajstić information content (AvgIpc) is 3.65. The van der Waals surface area contributed by atoms with Crippen molar-refractivity contribution in [1.82, 2.24) is 41.7 Å². The third-order valence-electron chi connectivity index (χ3n) is 9.43. The van der Waals surface area contributed by atoms with Gasteiger partial charge in [0.05, 0.1) is 19.0 Å². The molecule has 0 saturated carbocycles.